The first-order valence-corrected chi connectivity index (χ1v) is 10.6. The number of rotatable bonds is 12. The van der Waals surface area contributed by atoms with Crippen LogP contribution in [0, 0.1) is 13.8 Å². The van der Waals surface area contributed by atoms with Crippen LogP contribution in [0.15, 0.2) is 24.3 Å². The van der Waals surface area contributed by atoms with Crippen molar-refractivity contribution in [2.45, 2.75) is 47.0 Å². The van der Waals surface area contributed by atoms with E-state index in [2.05, 4.69) is 4.98 Å². The van der Waals surface area contributed by atoms with E-state index in [1.807, 2.05) is 6.92 Å². The molecule has 2 rings (SSSR count). The molecule has 0 atom stereocenters. The summed E-state index contributed by atoms with van der Waals surface area (Å²) in [5.74, 6) is -1.15. The summed E-state index contributed by atoms with van der Waals surface area (Å²) in [7, 11) is 0. The second kappa shape index (κ2) is 11.8. The van der Waals surface area contributed by atoms with Crippen LogP contribution in [0.5, 0.6) is 5.75 Å². The Morgan fingerprint density at radius 3 is 2.22 bits per heavy atom. The first-order valence-electron chi connectivity index (χ1n) is 10.6. The third-order valence-electron chi connectivity index (χ3n) is 4.77. The molecule has 32 heavy (non-hydrogen) atoms. The molecule has 0 radical (unpaired) electrons. The second-order valence-corrected chi connectivity index (χ2v) is 7.23. The number of Topliss-reactive ketones (excluding diaryl/α,β-unsaturated/α-hetero) is 2. The largest absolute Gasteiger partial charge is 0.494 e. The molecule has 0 saturated heterocycles. The van der Waals surface area contributed by atoms with E-state index in [4.69, 9.17) is 14.2 Å². The summed E-state index contributed by atoms with van der Waals surface area (Å²) in [4.78, 5) is 51.6. The molecule has 0 amide bonds. The predicted molar refractivity (Wildman–Crippen MR) is 117 cm³/mol. The number of esters is 2. The van der Waals surface area contributed by atoms with Crippen LogP contribution in [0.3, 0.4) is 0 Å². The van der Waals surface area contributed by atoms with Crippen molar-refractivity contribution in [2.24, 2.45) is 0 Å². The van der Waals surface area contributed by atoms with Crippen LogP contribution in [0.4, 0.5) is 0 Å². The van der Waals surface area contributed by atoms with Crippen LogP contribution in [-0.2, 0) is 14.3 Å². The minimum absolute atomic E-state index is 0.0304. The highest BCUT2D eigenvalue weighted by atomic mass is 16.5. The molecule has 1 N–H and O–H groups in total. The van der Waals surface area contributed by atoms with Crippen molar-refractivity contribution >= 4 is 23.5 Å². The highest BCUT2D eigenvalue weighted by Crippen LogP contribution is 2.20. The van der Waals surface area contributed by atoms with E-state index in [9.17, 15) is 19.2 Å². The molecule has 0 aliphatic carbocycles. The lowest BCUT2D eigenvalue weighted by atomic mass is 10.1. The van der Waals surface area contributed by atoms with Gasteiger partial charge in [-0.05, 0) is 57.0 Å². The summed E-state index contributed by atoms with van der Waals surface area (Å²) in [6.45, 7) is 7.32. The lowest BCUT2D eigenvalue weighted by molar-refractivity contribution is -0.142. The van der Waals surface area contributed by atoms with Gasteiger partial charge in [0, 0.05) is 23.2 Å². The Morgan fingerprint density at radius 1 is 0.906 bits per heavy atom. The molecule has 0 bridgehead atoms. The fourth-order valence-electron chi connectivity index (χ4n) is 3.18. The maximum absolute atomic E-state index is 12.5. The highest BCUT2D eigenvalue weighted by Gasteiger charge is 2.23. The van der Waals surface area contributed by atoms with Crippen LogP contribution in [-0.4, -0.2) is 48.3 Å². The Hall–Kier alpha value is -3.42. The first-order chi connectivity index (χ1) is 15.3. The van der Waals surface area contributed by atoms with E-state index in [1.165, 1.54) is 0 Å². The number of aryl methyl sites for hydroxylation is 1. The molecular weight excluding hydrogens is 414 g/mol. The van der Waals surface area contributed by atoms with Crippen LogP contribution >= 0.6 is 0 Å². The van der Waals surface area contributed by atoms with Gasteiger partial charge in [-0.15, -0.1) is 0 Å². The van der Waals surface area contributed by atoms with Gasteiger partial charge in [-0.3, -0.25) is 14.4 Å². The van der Waals surface area contributed by atoms with Gasteiger partial charge in [-0.1, -0.05) is 6.92 Å². The smallest absolute Gasteiger partial charge is 0.355 e. The lowest BCUT2D eigenvalue weighted by Gasteiger charge is -2.07. The fourth-order valence-corrected chi connectivity index (χ4v) is 3.18. The van der Waals surface area contributed by atoms with E-state index in [0.29, 0.717) is 34.7 Å². The summed E-state index contributed by atoms with van der Waals surface area (Å²) < 4.78 is 15.5. The van der Waals surface area contributed by atoms with Crippen molar-refractivity contribution in [1.82, 2.24) is 4.98 Å². The highest BCUT2D eigenvalue weighted by molar-refractivity contribution is 6.03. The molecule has 0 spiro atoms. The molecule has 1 aromatic heterocycles. The normalized spacial score (nSPS) is 10.5. The van der Waals surface area contributed by atoms with Crippen molar-refractivity contribution in [2.75, 3.05) is 19.8 Å². The molecule has 0 unspecified atom stereocenters. The number of ether oxygens (including phenoxy) is 3. The number of carbonyl (C=O) groups is 4. The van der Waals surface area contributed by atoms with Gasteiger partial charge in [0.05, 0.1) is 19.6 Å². The zero-order valence-corrected chi connectivity index (χ0v) is 18.9. The molecular formula is C24H29NO7. The topological polar surface area (TPSA) is 112 Å². The quantitative estimate of drug-likeness (QED) is 0.390. The third-order valence-corrected chi connectivity index (χ3v) is 4.77. The average Bonchev–Trinajstić information content (AvgIpc) is 3.08. The average molecular weight is 443 g/mol. The van der Waals surface area contributed by atoms with Crippen molar-refractivity contribution in [3.8, 4) is 5.75 Å². The first kappa shape index (κ1) is 24.8. The summed E-state index contributed by atoms with van der Waals surface area (Å²) in [5.41, 5.74) is 1.91. The standard InChI is InChI=1S/C24H29NO7/c1-5-13-31-18-9-7-17(8-10-18)19(26)11-12-21(28)32-14-20(27)22-15(3)23(25-16(22)4)24(29)30-6-2/h7-10,25H,5-6,11-14H2,1-4H3. The van der Waals surface area contributed by atoms with Crippen molar-refractivity contribution in [1.29, 1.82) is 0 Å². The minimum Gasteiger partial charge on any atom is -0.494 e. The molecule has 0 aliphatic rings. The molecule has 0 fully saturated rings. The molecule has 2 aromatic rings. The van der Waals surface area contributed by atoms with Gasteiger partial charge in [0.2, 0.25) is 5.78 Å². The van der Waals surface area contributed by atoms with Gasteiger partial charge < -0.3 is 19.2 Å². The van der Waals surface area contributed by atoms with Gasteiger partial charge in [-0.2, -0.15) is 0 Å². The number of H-pyrrole nitrogens is 1. The molecule has 1 aromatic carbocycles. The molecule has 0 saturated carbocycles. The van der Waals surface area contributed by atoms with Gasteiger partial charge >= 0.3 is 11.9 Å². The molecule has 8 nitrogen and oxygen atoms in total. The van der Waals surface area contributed by atoms with Crippen molar-refractivity contribution in [3.05, 3.63) is 52.3 Å². The Morgan fingerprint density at radius 2 is 1.59 bits per heavy atom. The number of benzene rings is 1. The Kier molecular flexibility index (Phi) is 9.19. The molecule has 0 aliphatic heterocycles. The Labute approximate surface area is 187 Å². The summed E-state index contributed by atoms with van der Waals surface area (Å²) in [6.07, 6.45) is 0.720. The van der Waals surface area contributed by atoms with E-state index in [1.54, 1.807) is 45.0 Å². The van der Waals surface area contributed by atoms with E-state index < -0.39 is 24.3 Å². The number of nitrogens with one attached hydrogen (secondary N) is 1. The maximum Gasteiger partial charge on any atom is 0.355 e. The van der Waals surface area contributed by atoms with Crippen LogP contribution in [0.1, 0.15) is 75.6 Å². The molecule has 8 heteroatoms. The minimum atomic E-state index is -0.647. The van der Waals surface area contributed by atoms with Gasteiger partial charge in [0.15, 0.2) is 12.4 Å². The van der Waals surface area contributed by atoms with E-state index in [-0.39, 0.29) is 30.9 Å². The number of ketones is 2. The van der Waals surface area contributed by atoms with Crippen LogP contribution < -0.4 is 4.74 Å². The summed E-state index contributed by atoms with van der Waals surface area (Å²) >= 11 is 0. The van der Waals surface area contributed by atoms with E-state index in [0.717, 1.165) is 6.42 Å². The van der Waals surface area contributed by atoms with Crippen LogP contribution in [0.2, 0.25) is 0 Å². The van der Waals surface area contributed by atoms with E-state index >= 15 is 0 Å². The number of hydrogen-bond donors (Lipinski definition) is 1. The lowest BCUT2D eigenvalue weighted by Crippen LogP contribution is -2.16. The van der Waals surface area contributed by atoms with Gasteiger partial charge in [0.25, 0.3) is 0 Å². The SMILES string of the molecule is CCCOc1ccc(C(=O)CCC(=O)OCC(=O)c2c(C)[nH]c(C(=O)OCC)c2C)cc1. The molecule has 172 valence electrons. The Balaban J connectivity index is 1.86. The monoisotopic (exact) mass is 443 g/mol. The predicted octanol–water partition coefficient (Wildman–Crippen LogP) is 3.99. The Bertz CT molecular complexity index is 973. The number of carbonyl (C=O) groups excluding carboxylic acids is 4. The zero-order chi connectivity index (χ0) is 23.7. The third kappa shape index (κ3) is 6.54. The fraction of sp³-hybridized carbons (Fsp3) is 0.417. The maximum atomic E-state index is 12.5. The molecule has 1 heterocycles. The number of aromatic nitrogens is 1. The summed E-state index contributed by atoms with van der Waals surface area (Å²) in [5, 5.41) is 0. The number of hydrogen-bond acceptors (Lipinski definition) is 7. The number of aromatic amines is 1. The summed E-state index contributed by atoms with van der Waals surface area (Å²) in [6, 6.07) is 6.74. The van der Waals surface area contributed by atoms with Crippen molar-refractivity contribution in [3.63, 3.8) is 0 Å². The van der Waals surface area contributed by atoms with Gasteiger partial charge in [0.1, 0.15) is 11.4 Å². The second-order valence-electron chi connectivity index (χ2n) is 7.23. The van der Waals surface area contributed by atoms with Gasteiger partial charge in [-0.25, -0.2) is 4.79 Å². The zero-order valence-electron chi connectivity index (χ0n) is 18.9. The van der Waals surface area contributed by atoms with Crippen molar-refractivity contribution < 1.29 is 33.4 Å². The van der Waals surface area contributed by atoms with Crippen LogP contribution in [0.25, 0.3) is 0 Å².